The minimum atomic E-state index is -0.851. The van der Waals surface area contributed by atoms with Gasteiger partial charge in [0.15, 0.2) is 12.4 Å². The Balaban J connectivity index is 1.29. The zero-order valence-electron chi connectivity index (χ0n) is 26.2. The molecule has 1 aliphatic heterocycles. The van der Waals surface area contributed by atoms with E-state index in [0.717, 1.165) is 49.8 Å². The van der Waals surface area contributed by atoms with Crippen molar-refractivity contribution in [1.82, 2.24) is 5.32 Å². The van der Waals surface area contributed by atoms with Gasteiger partial charge in [0.2, 0.25) is 0 Å². The van der Waals surface area contributed by atoms with Crippen LogP contribution in [0.5, 0.6) is 5.75 Å². The van der Waals surface area contributed by atoms with E-state index >= 15 is 0 Å². The number of nitrogens with one attached hydrogen (secondary N) is 1. The largest absolute Gasteiger partial charge is 0.496 e. The quantitative estimate of drug-likeness (QED) is 0.129. The zero-order chi connectivity index (χ0) is 32.5. The molecule has 4 atom stereocenters. The molecular weight excluding hydrogens is 602 g/mol. The SMILES string of the molecule is COc1ccccc1SCC1CC(c2ccc(CO)cc2)OC(c2ccc(-c3cccc(CNC(=O)C(C)OC(C)=O)c3)cc2)O1. The summed E-state index contributed by atoms with van der Waals surface area (Å²) in [6.07, 6.45) is -0.972. The van der Waals surface area contributed by atoms with Gasteiger partial charge in [-0.1, -0.05) is 78.9 Å². The van der Waals surface area contributed by atoms with Gasteiger partial charge in [0.1, 0.15) is 5.75 Å². The second-order valence-electron chi connectivity index (χ2n) is 11.1. The molecule has 4 aromatic carbocycles. The number of aliphatic hydroxyl groups excluding tert-OH is 1. The van der Waals surface area contributed by atoms with E-state index in [-0.39, 0.29) is 24.7 Å². The summed E-state index contributed by atoms with van der Waals surface area (Å²) in [5, 5.41) is 12.3. The van der Waals surface area contributed by atoms with Crippen molar-refractivity contribution < 1.29 is 33.6 Å². The number of hydrogen-bond acceptors (Lipinski definition) is 8. The molecule has 0 bridgehead atoms. The molecular formula is C37H39NO7S. The average molecular weight is 642 g/mol. The Hall–Kier alpha value is -4.15. The third-order valence-electron chi connectivity index (χ3n) is 7.73. The standard InChI is InChI=1S/C37H39NO7S/c1-24(43-25(2)40)36(41)38-21-27-7-6-8-31(19-27)28-15-17-30(18-16-28)37-44-32(23-46-35-10-5-4-9-33(35)42-3)20-34(45-37)29-13-11-26(22-39)12-14-29/h4-19,24,32,34,37,39H,20-23H2,1-3H3,(H,38,41). The van der Waals surface area contributed by atoms with E-state index in [2.05, 4.69) is 11.4 Å². The molecule has 0 saturated carbocycles. The van der Waals surface area contributed by atoms with E-state index in [1.54, 1.807) is 25.8 Å². The number of benzene rings is 4. The monoisotopic (exact) mass is 641 g/mol. The number of para-hydroxylation sites is 1. The Bertz CT molecular complexity index is 1610. The number of amides is 1. The summed E-state index contributed by atoms with van der Waals surface area (Å²) in [5.74, 6) is 0.726. The number of carbonyl (C=O) groups is 2. The van der Waals surface area contributed by atoms with E-state index in [9.17, 15) is 14.7 Å². The maximum absolute atomic E-state index is 12.3. The minimum Gasteiger partial charge on any atom is -0.496 e. The molecule has 0 spiro atoms. The molecule has 8 nitrogen and oxygen atoms in total. The van der Waals surface area contributed by atoms with Crippen molar-refractivity contribution in [3.05, 3.63) is 119 Å². The molecule has 1 amide bonds. The first-order valence-electron chi connectivity index (χ1n) is 15.2. The molecule has 9 heteroatoms. The van der Waals surface area contributed by atoms with Crippen LogP contribution in [0, 0.1) is 0 Å². The summed E-state index contributed by atoms with van der Waals surface area (Å²) in [4.78, 5) is 24.5. The Morgan fingerprint density at radius 1 is 0.913 bits per heavy atom. The number of rotatable bonds is 12. The van der Waals surface area contributed by atoms with Crippen molar-refractivity contribution in [3.8, 4) is 16.9 Å². The highest BCUT2D eigenvalue weighted by molar-refractivity contribution is 7.99. The third kappa shape index (κ3) is 8.76. The zero-order valence-corrected chi connectivity index (χ0v) is 27.0. The number of methoxy groups -OCH3 is 1. The van der Waals surface area contributed by atoms with Gasteiger partial charge in [0.05, 0.1) is 25.9 Å². The maximum Gasteiger partial charge on any atom is 0.303 e. The molecule has 1 heterocycles. The van der Waals surface area contributed by atoms with Crippen LogP contribution < -0.4 is 10.1 Å². The normalized spacial score (nSPS) is 18.4. The highest BCUT2D eigenvalue weighted by Crippen LogP contribution is 2.40. The first-order chi connectivity index (χ1) is 22.3. The van der Waals surface area contributed by atoms with E-state index in [0.29, 0.717) is 13.0 Å². The fraction of sp³-hybridized carbons (Fsp3) is 0.297. The van der Waals surface area contributed by atoms with Gasteiger partial charge >= 0.3 is 5.97 Å². The van der Waals surface area contributed by atoms with Gasteiger partial charge in [-0.3, -0.25) is 9.59 Å². The van der Waals surface area contributed by atoms with Gasteiger partial charge in [-0.15, -0.1) is 11.8 Å². The van der Waals surface area contributed by atoms with Crippen molar-refractivity contribution in [2.75, 3.05) is 12.9 Å². The van der Waals surface area contributed by atoms with Crippen LogP contribution in [0.3, 0.4) is 0 Å². The molecule has 1 fully saturated rings. The summed E-state index contributed by atoms with van der Waals surface area (Å²) in [7, 11) is 1.68. The Labute approximate surface area is 274 Å². The predicted molar refractivity (Wildman–Crippen MR) is 177 cm³/mol. The van der Waals surface area contributed by atoms with Crippen LogP contribution in [0.25, 0.3) is 11.1 Å². The Morgan fingerprint density at radius 2 is 1.65 bits per heavy atom. The van der Waals surface area contributed by atoms with Crippen molar-refractivity contribution >= 4 is 23.6 Å². The lowest BCUT2D eigenvalue weighted by molar-refractivity contribution is -0.245. The van der Waals surface area contributed by atoms with Crippen LogP contribution in [0.4, 0.5) is 0 Å². The number of ether oxygens (including phenoxy) is 4. The van der Waals surface area contributed by atoms with E-state index in [4.69, 9.17) is 18.9 Å². The van der Waals surface area contributed by atoms with Crippen molar-refractivity contribution in [1.29, 1.82) is 0 Å². The first-order valence-corrected chi connectivity index (χ1v) is 16.2. The summed E-state index contributed by atoms with van der Waals surface area (Å²) < 4.78 is 23.6. The molecule has 1 aliphatic rings. The molecule has 4 aromatic rings. The first kappa shape index (κ1) is 33.2. The van der Waals surface area contributed by atoms with Gasteiger partial charge in [-0.25, -0.2) is 0 Å². The molecule has 4 unspecified atom stereocenters. The minimum absolute atomic E-state index is 0.00506. The number of aliphatic hydroxyl groups is 1. The second kappa shape index (κ2) is 15.9. The van der Waals surface area contributed by atoms with Crippen molar-refractivity contribution in [2.45, 2.75) is 62.9 Å². The molecule has 5 rings (SSSR count). The van der Waals surface area contributed by atoms with Crippen molar-refractivity contribution in [3.63, 3.8) is 0 Å². The summed E-state index contributed by atoms with van der Waals surface area (Å²) >= 11 is 1.70. The highest BCUT2D eigenvalue weighted by Gasteiger charge is 2.32. The molecule has 0 aliphatic carbocycles. The van der Waals surface area contributed by atoms with E-state index in [1.807, 2.05) is 91.0 Å². The van der Waals surface area contributed by atoms with Crippen LogP contribution in [-0.4, -0.2) is 42.1 Å². The van der Waals surface area contributed by atoms with Crippen LogP contribution in [0.2, 0.25) is 0 Å². The second-order valence-corrected chi connectivity index (χ2v) is 12.2. The average Bonchev–Trinajstić information content (AvgIpc) is 3.09. The van der Waals surface area contributed by atoms with Crippen LogP contribution in [-0.2, 0) is 37.0 Å². The molecule has 0 aromatic heterocycles. The molecule has 46 heavy (non-hydrogen) atoms. The van der Waals surface area contributed by atoms with E-state index < -0.39 is 18.4 Å². The van der Waals surface area contributed by atoms with Crippen molar-refractivity contribution in [2.24, 2.45) is 0 Å². The van der Waals surface area contributed by atoms with Gasteiger partial charge in [-0.05, 0) is 52.9 Å². The van der Waals surface area contributed by atoms with Crippen LogP contribution in [0.1, 0.15) is 54.9 Å². The fourth-order valence-electron chi connectivity index (χ4n) is 5.27. The van der Waals surface area contributed by atoms with Crippen LogP contribution in [0.15, 0.2) is 102 Å². The van der Waals surface area contributed by atoms with Gasteiger partial charge in [0, 0.05) is 36.1 Å². The molecule has 0 radical (unpaired) electrons. The third-order valence-corrected chi connectivity index (χ3v) is 8.92. The lowest BCUT2D eigenvalue weighted by Crippen LogP contribution is -2.35. The summed E-state index contributed by atoms with van der Waals surface area (Å²) in [6, 6.07) is 31.9. The fourth-order valence-corrected chi connectivity index (χ4v) is 6.32. The lowest BCUT2D eigenvalue weighted by atomic mass is 9.99. The number of carbonyl (C=O) groups excluding carboxylic acids is 2. The summed E-state index contributed by atoms with van der Waals surface area (Å²) in [5.41, 5.74) is 5.75. The Kier molecular flexibility index (Phi) is 11.5. The van der Waals surface area contributed by atoms with Crippen LogP contribution >= 0.6 is 11.8 Å². The number of thioether (sulfide) groups is 1. The van der Waals surface area contributed by atoms with E-state index in [1.165, 1.54) is 6.92 Å². The lowest BCUT2D eigenvalue weighted by Gasteiger charge is -2.36. The number of esters is 1. The molecule has 240 valence electrons. The number of hydrogen-bond donors (Lipinski definition) is 2. The highest BCUT2D eigenvalue weighted by atomic mass is 32.2. The molecule has 2 N–H and O–H groups in total. The van der Waals surface area contributed by atoms with Gasteiger partial charge in [-0.2, -0.15) is 0 Å². The maximum atomic E-state index is 12.3. The smallest absolute Gasteiger partial charge is 0.303 e. The predicted octanol–water partition coefficient (Wildman–Crippen LogP) is 6.76. The van der Waals surface area contributed by atoms with Gasteiger partial charge < -0.3 is 29.4 Å². The summed E-state index contributed by atoms with van der Waals surface area (Å²) in [6.45, 7) is 3.14. The molecule has 1 saturated heterocycles. The van der Waals surface area contributed by atoms with Gasteiger partial charge in [0.25, 0.3) is 5.91 Å². The Morgan fingerprint density at radius 3 is 2.37 bits per heavy atom. The topological polar surface area (TPSA) is 103 Å².